The lowest BCUT2D eigenvalue weighted by Gasteiger charge is -2.13. The zero-order valence-corrected chi connectivity index (χ0v) is 17.6. The molecule has 0 aliphatic carbocycles. The highest BCUT2D eigenvalue weighted by Crippen LogP contribution is 2.32. The molecule has 2 heterocycles. The number of amides is 1. The van der Waals surface area contributed by atoms with Crippen LogP contribution in [-0.4, -0.2) is 23.0 Å². The molecule has 0 spiro atoms. The van der Waals surface area contributed by atoms with Crippen molar-refractivity contribution in [2.24, 2.45) is 0 Å². The molecule has 30 heavy (non-hydrogen) atoms. The zero-order chi connectivity index (χ0) is 21.1. The second-order valence-corrected chi connectivity index (χ2v) is 7.52. The first-order valence-electron chi connectivity index (χ1n) is 9.16. The smallest absolute Gasteiger partial charge is 0.256 e. The fourth-order valence-electron chi connectivity index (χ4n) is 3.30. The molecule has 1 amide bonds. The molecular formula is C23H17BrFN3O2. The number of halogens is 2. The van der Waals surface area contributed by atoms with Gasteiger partial charge in [0, 0.05) is 35.0 Å². The molecule has 0 radical (unpaired) electrons. The van der Waals surface area contributed by atoms with E-state index in [0.717, 1.165) is 33.2 Å². The maximum atomic E-state index is 13.9. The first-order valence-corrected chi connectivity index (χ1v) is 9.95. The van der Waals surface area contributed by atoms with Crippen LogP contribution in [0.3, 0.4) is 0 Å². The first kappa shape index (κ1) is 20.0. The molecule has 0 fully saturated rings. The third kappa shape index (κ3) is 4.02. The number of nitrogens with one attached hydrogen (secondary N) is 1. The van der Waals surface area contributed by atoms with Gasteiger partial charge in [-0.15, -0.1) is 0 Å². The summed E-state index contributed by atoms with van der Waals surface area (Å²) in [7, 11) is 1.64. The average Bonchev–Trinajstić information content (AvgIpc) is 2.78. The van der Waals surface area contributed by atoms with Crippen LogP contribution in [0.15, 0.2) is 71.6 Å². The third-order valence-corrected chi connectivity index (χ3v) is 5.21. The highest BCUT2D eigenvalue weighted by Gasteiger charge is 2.15. The monoisotopic (exact) mass is 465 g/mol. The lowest BCUT2D eigenvalue weighted by molar-refractivity contribution is 0.0946. The largest absolute Gasteiger partial charge is 0.497 e. The number of hydrogen-bond donors (Lipinski definition) is 1. The summed E-state index contributed by atoms with van der Waals surface area (Å²) >= 11 is 3.21. The van der Waals surface area contributed by atoms with Crippen molar-refractivity contribution in [3.8, 4) is 16.9 Å². The molecule has 0 aliphatic heterocycles. The number of carbonyl (C=O) groups excluding carboxylic acids is 1. The van der Waals surface area contributed by atoms with Crippen molar-refractivity contribution in [1.29, 1.82) is 0 Å². The van der Waals surface area contributed by atoms with Gasteiger partial charge in [0.25, 0.3) is 5.91 Å². The van der Waals surface area contributed by atoms with Crippen molar-refractivity contribution in [1.82, 2.24) is 15.3 Å². The molecule has 5 nitrogen and oxygen atoms in total. The summed E-state index contributed by atoms with van der Waals surface area (Å²) < 4.78 is 19.8. The molecular weight excluding hydrogens is 449 g/mol. The first-order chi connectivity index (χ1) is 14.6. The molecule has 150 valence electrons. The van der Waals surface area contributed by atoms with E-state index in [4.69, 9.17) is 4.74 Å². The lowest BCUT2D eigenvalue weighted by atomic mass is 9.96. The van der Waals surface area contributed by atoms with Crippen LogP contribution in [0.4, 0.5) is 4.39 Å². The summed E-state index contributed by atoms with van der Waals surface area (Å²) in [5, 5.41) is 4.67. The second-order valence-electron chi connectivity index (χ2n) is 6.60. The minimum absolute atomic E-state index is 0.111. The molecule has 1 N–H and O–H groups in total. The van der Waals surface area contributed by atoms with Gasteiger partial charge in [-0.1, -0.05) is 24.3 Å². The summed E-state index contributed by atoms with van der Waals surface area (Å²) in [4.78, 5) is 20.3. The normalized spacial score (nSPS) is 10.8. The van der Waals surface area contributed by atoms with E-state index >= 15 is 0 Å². The van der Waals surface area contributed by atoms with Crippen LogP contribution in [0, 0.1) is 5.95 Å². The van der Waals surface area contributed by atoms with Crippen molar-refractivity contribution < 1.29 is 13.9 Å². The third-order valence-electron chi connectivity index (χ3n) is 4.78. The van der Waals surface area contributed by atoms with Gasteiger partial charge in [0.15, 0.2) is 0 Å². The predicted molar refractivity (Wildman–Crippen MR) is 117 cm³/mol. The van der Waals surface area contributed by atoms with E-state index in [1.54, 1.807) is 19.5 Å². The fourth-order valence-corrected chi connectivity index (χ4v) is 3.63. The minimum atomic E-state index is -0.810. The van der Waals surface area contributed by atoms with Crippen molar-refractivity contribution >= 4 is 32.6 Å². The quantitative estimate of drug-likeness (QED) is 0.414. The Morgan fingerprint density at radius 3 is 2.83 bits per heavy atom. The molecule has 0 bridgehead atoms. The summed E-state index contributed by atoms with van der Waals surface area (Å²) in [6, 6.07) is 15.1. The van der Waals surface area contributed by atoms with Gasteiger partial charge in [-0.25, -0.2) is 4.98 Å². The molecule has 2 aromatic carbocycles. The van der Waals surface area contributed by atoms with Gasteiger partial charge in [-0.3, -0.25) is 9.78 Å². The Labute approximate surface area is 181 Å². The van der Waals surface area contributed by atoms with E-state index in [0.29, 0.717) is 4.47 Å². The number of rotatable bonds is 5. The van der Waals surface area contributed by atoms with Crippen LogP contribution < -0.4 is 10.1 Å². The molecule has 7 heteroatoms. The Bertz CT molecular complexity index is 1250. The Morgan fingerprint density at radius 1 is 1.13 bits per heavy atom. The van der Waals surface area contributed by atoms with Gasteiger partial charge in [-0.05, 0) is 62.3 Å². The fraction of sp³-hybridized carbons (Fsp3) is 0.0870. The van der Waals surface area contributed by atoms with Gasteiger partial charge < -0.3 is 10.1 Å². The lowest BCUT2D eigenvalue weighted by Crippen LogP contribution is -2.24. The van der Waals surface area contributed by atoms with E-state index in [9.17, 15) is 9.18 Å². The van der Waals surface area contributed by atoms with Crippen LogP contribution in [0.2, 0.25) is 0 Å². The Balaban J connectivity index is 1.66. The van der Waals surface area contributed by atoms with Gasteiger partial charge >= 0.3 is 0 Å². The predicted octanol–water partition coefficient (Wildman–Crippen LogP) is 5.14. The second kappa shape index (κ2) is 8.59. The minimum Gasteiger partial charge on any atom is -0.497 e. The molecule has 0 atom stereocenters. The summed E-state index contributed by atoms with van der Waals surface area (Å²) in [5.41, 5.74) is 2.81. The molecule has 2 aromatic heterocycles. The van der Waals surface area contributed by atoms with E-state index in [-0.39, 0.29) is 12.1 Å². The molecule has 0 saturated heterocycles. The average molecular weight is 466 g/mol. The van der Waals surface area contributed by atoms with E-state index in [1.165, 1.54) is 12.3 Å². The maximum absolute atomic E-state index is 13.9. The highest BCUT2D eigenvalue weighted by molar-refractivity contribution is 9.10. The Morgan fingerprint density at radius 2 is 2.00 bits per heavy atom. The van der Waals surface area contributed by atoms with Gasteiger partial charge in [0.1, 0.15) is 5.75 Å². The van der Waals surface area contributed by atoms with E-state index in [2.05, 4.69) is 31.2 Å². The standard InChI is InChI=1S/C23H17BrFN3O2/c1-30-17-4-2-3-14(9-17)18-6-5-15(21-13-26-8-7-19(18)21)11-28-23(29)20-10-16(24)12-27-22(20)25/h2-10,12-13H,11H2,1H3,(H,28,29). The number of methoxy groups -OCH3 is 1. The van der Waals surface area contributed by atoms with Crippen molar-refractivity contribution in [3.63, 3.8) is 0 Å². The molecule has 0 saturated carbocycles. The number of nitrogens with zero attached hydrogens (tertiary/aromatic N) is 2. The Kier molecular flexibility index (Phi) is 5.72. The molecule has 0 unspecified atom stereocenters. The number of pyridine rings is 2. The van der Waals surface area contributed by atoms with Gasteiger partial charge in [-0.2, -0.15) is 4.39 Å². The van der Waals surface area contributed by atoms with Crippen LogP contribution in [-0.2, 0) is 6.54 Å². The molecule has 4 aromatic rings. The van der Waals surface area contributed by atoms with Crippen molar-refractivity contribution in [2.45, 2.75) is 6.54 Å². The molecule has 4 rings (SSSR count). The number of hydrogen-bond acceptors (Lipinski definition) is 4. The van der Waals surface area contributed by atoms with Crippen molar-refractivity contribution in [2.75, 3.05) is 7.11 Å². The zero-order valence-electron chi connectivity index (χ0n) is 16.0. The molecule has 0 aliphatic rings. The van der Waals surface area contributed by atoms with Crippen LogP contribution in [0.1, 0.15) is 15.9 Å². The van der Waals surface area contributed by atoms with Gasteiger partial charge in [0.05, 0.1) is 12.7 Å². The van der Waals surface area contributed by atoms with Crippen LogP contribution in [0.5, 0.6) is 5.75 Å². The van der Waals surface area contributed by atoms with Crippen LogP contribution >= 0.6 is 15.9 Å². The van der Waals surface area contributed by atoms with Crippen LogP contribution in [0.25, 0.3) is 21.9 Å². The Hall–Kier alpha value is -3.32. The number of carbonyl (C=O) groups is 1. The number of ether oxygens (including phenoxy) is 1. The number of fused-ring (bicyclic) bond motifs is 1. The topological polar surface area (TPSA) is 64.1 Å². The summed E-state index contributed by atoms with van der Waals surface area (Å²) in [6.45, 7) is 0.228. The van der Waals surface area contributed by atoms with Gasteiger partial charge in [0.2, 0.25) is 5.95 Å². The SMILES string of the molecule is COc1cccc(-c2ccc(CNC(=O)c3cc(Br)cnc3F)c3cnccc23)c1. The maximum Gasteiger partial charge on any atom is 0.256 e. The summed E-state index contributed by atoms with van der Waals surface area (Å²) in [6.07, 6.45) is 4.81. The van der Waals surface area contributed by atoms with E-state index in [1.807, 2.05) is 42.5 Å². The highest BCUT2D eigenvalue weighted by atomic mass is 79.9. The number of aromatic nitrogens is 2. The number of benzene rings is 2. The van der Waals surface area contributed by atoms with E-state index < -0.39 is 11.9 Å². The van der Waals surface area contributed by atoms with Crippen molar-refractivity contribution in [3.05, 3.63) is 88.7 Å². The summed E-state index contributed by atoms with van der Waals surface area (Å²) in [5.74, 6) is -0.568.